The van der Waals surface area contributed by atoms with Crippen LogP contribution in [0.5, 0.6) is 5.75 Å². The number of carbonyl (C=O) groups excluding carboxylic acids is 3. The van der Waals surface area contributed by atoms with Crippen molar-refractivity contribution in [2.75, 3.05) is 0 Å². The quantitative estimate of drug-likeness (QED) is 0.362. The maximum absolute atomic E-state index is 13.7. The molecule has 10 heteroatoms. The lowest BCUT2D eigenvalue weighted by atomic mass is 9.85. The van der Waals surface area contributed by atoms with Crippen LogP contribution in [0.2, 0.25) is 5.02 Å². The summed E-state index contributed by atoms with van der Waals surface area (Å²) in [5.74, 6) is -4.36. The van der Waals surface area contributed by atoms with Crippen LogP contribution in [-0.2, 0) is 14.3 Å². The zero-order chi connectivity index (χ0) is 27.7. The third-order valence-electron chi connectivity index (χ3n) is 6.35. The zero-order valence-electron chi connectivity index (χ0n) is 21.1. The molecule has 37 heavy (non-hydrogen) atoms. The normalized spacial score (nSPS) is 18.8. The Morgan fingerprint density at radius 1 is 1.14 bits per heavy atom. The number of fused-ring (bicyclic) bond motifs is 1. The van der Waals surface area contributed by atoms with E-state index in [1.54, 1.807) is 45.9 Å². The van der Waals surface area contributed by atoms with E-state index in [9.17, 15) is 28.7 Å². The molecule has 0 unspecified atom stereocenters. The molecule has 8 nitrogen and oxygen atoms in total. The lowest BCUT2D eigenvalue weighted by Gasteiger charge is -2.44. The number of rotatable bonds is 8. The van der Waals surface area contributed by atoms with Gasteiger partial charge >= 0.3 is 11.9 Å². The van der Waals surface area contributed by atoms with Crippen LogP contribution in [0, 0.1) is 17.7 Å². The average Bonchev–Trinajstić information content (AvgIpc) is 2.80. The van der Waals surface area contributed by atoms with Gasteiger partial charge in [-0.2, -0.15) is 0 Å². The number of aliphatic carboxylic acids is 1. The van der Waals surface area contributed by atoms with Crippen LogP contribution in [-0.4, -0.2) is 40.4 Å². The number of ether oxygens (including phenoxy) is 2. The largest absolute Gasteiger partial charge is 0.484 e. The number of halogens is 2. The highest BCUT2D eigenvalue weighted by Gasteiger charge is 2.48. The molecule has 0 aliphatic carbocycles. The van der Waals surface area contributed by atoms with E-state index in [4.69, 9.17) is 21.1 Å². The van der Waals surface area contributed by atoms with Gasteiger partial charge in [0, 0.05) is 16.7 Å². The van der Waals surface area contributed by atoms with E-state index in [1.165, 1.54) is 19.1 Å². The molecule has 2 aromatic carbocycles. The van der Waals surface area contributed by atoms with Gasteiger partial charge in [-0.3, -0.25) is 19.2 Å². The molecule has 3 rings (SSSR count). The third kappa shape index (κ3) is 6.28. The van der Waals surface area contributed by atoms with Crippen LogP contribution in [0.3, 0.4) is 0 Å². The molecule has 198 valence electrons. The second-order valence-corrected chi connectivity index (χ2v) is 10.3. The first-order valence-corrected chi connectivity index (χ1v) is 12.1. The molecule has 2 aromatic rings. The predicted molar refractivity (Wildman–Crippen MR) is 133 cm³/mol. The maximum Gasteiger partial charge on any atom is 0.307 e. The molecule has 1 aliphatic heterocycles. The highest BCUT2D eigenvalue weighted by atomic mass is 35.5. The van der Waals surface area contributed by atoms with E-state index < -0.39 is 47.3 Å². The maximum atomic E-state index is 13.7. The smallest absolute Gasteiger partial charge is 0.307 e. The highest BCUT2D eigenvalue weighted by molar-refractivity contribution is 6.31. The monoisotopic (exact) mass is 533 g/mol. The molecule has 1 aliphatic rings. The summed E-state index contributed by atoms with van der Waals surface area (Å²) in [7, 11) is 0. The van der Waals surface area contributed by atoms with Gasteiger partial charge in [-0.05, 0) is 63.1 Å². The number of ketones is 1. The third-order valence-corrected chi connectivity index (χ3v) is 6.64. The first-order chi connectivity index (χ1) is 17.2. The van der Waals surface area contributed by atoms with Crippen molar-refractivity contribution in [2.24, 2.45) is 11.8 Å². The van der Waals surface area contributed by atoms with Gasteiger partial charge in [0.05, 0.1) is 23.4 Å². The topological polar surface area (TPSA) is 119 Å². The Labute approximate surface area is 219 Å². The summed E-state index contributed by atoms with van der Waals surface area (Å²) in [4.78, 5) is 49.8. The lowest BCUT2D eigenvalue weighted by Crippen LogP contribution is -2.55. The fourth-order valence-corrected chi connectivity index (χ4v) is 4.39. The van der Waals surface area contributed by atoms with E-state index in [-0.39, 0.29) is 28.7 Å². The van der Waals surface area contributed by atoms with Gasteiger partial charge in [0.25, 0.3) is 5.91 Å². The van der Waals surface area contributed by atoms with Crippen molar-refractivity contribution in [1.29, 1.82) is 0 Å². The lowest BCUT2D eigenvalue weighted by molar-refractivity contribution is -0.169. The standard InChI is InChI=1S/C27H29ClFNO7/c1-13(2)17(26(34)35)12-22(32)36-24-23(30-25(33)16-6-8-20(29)19(28)11-16)18-10-15(14(3)31)7-9-21(18)37-27(24,4)5/h6-11,13,17,23-24H,12H2,1-5H3,(H,30,33)(H,34,35)/t17-,23-,24-/m0/s1. The summed E-state index contributed by atoms with van der Waals surface area (Å²) in [5, 5.41) is 12.1. The Kier molecular flexibility index (Phi) is 8.27. The SMILES string of the molecule is CC(=O)c1ccc2c(c1)[C@H](NC(=O)c1ccc(F)c(Cl)c1)[C@H](OC(=O)C[C@H](C(=O)O)C(C)C)C(C)(C)O2. The van der Waals surface area contributed by atoms with Gasteiger partial charge in [0.1, 0.15) is 17.2 Å². The number of carboxylic acids is 1. The average molecular weight is 534 g/mol. The molecule has 0 fully saturated rings. The van der Waals surface area contributed by atoms with Crippen LogP contribution in [0.1, 0.15) is 73.4 Å². The number of benzene rings is 2. The van der Waals surface area contributed by atoms with Gasteiger partial charge < -0.3 is 19.9 Å². The predicted octanol–water partition coefficient (Wildman–Crippen LogP) is 4.98. The molecule has 0 radical (unpaired) electrons. The zero-order valence-corrected chi connectivity index (χ0v) is 21.9. The van der Waals surface area contributed by atoms with Crippen molar-refractivity contribution in [2.45, 2.75) is 58.8 Å². The fraction of sp³-hybridized carbons (Fsp3) is 0.407. The Morgan fingerprint density at radius 3 is 2.35 bits per heavy atom. The van der Waals surface area contributed by atoms with Crippen LogP contribution in [0.25, 0.3) is 0 Å². The Balaban J connectivity index is 2.03. The molecular formula is C27H29ClFNO7. The number of hydrogen-bond acceptors (Lipinski definition) is 6. The number of amides is 1. The van der Waals surface area contributed by atoms with Crippen molar-refractivity contribution in [3.63, 3.8) is 0 Å². The first kappa shape index (κ1) is 28.1. The molecule has 0 saturated heterocycles. The summed E-state index contributed by atoms with van der Waals surface area (Å²) in [5.41, 5.74) is -0.349. The van der Waals surface area contributed by atoms with Crippen molar-refractivity contribution < 1.29 is 38.1 Å². The van der Waals surface area contributed by atoms with Crippen molar-refractivity contribution >= 4 is 35.2 Å². The van der Waals surface area contributed by atoms with Crippen LogP contribution in [0.15, 0.2) is 36.4 Å². The molecular weight excluding hydrogens is 505 g/mol. The number of Topliss-reactive ketones (excluding diaryl/α,β-unsaturated/α-hetero) is 1. The van der Waals surface area contributed by atoms with E-state index >= 15 is 0 Å². The minimum atomic E-state index is -1.16. The van der Waals surface area contributed by atoms with Crippen LogP contribution >= 0.6 is 11.6 Å². The molecule has 3 atom stereocenters. The van der Waals surface area contributed by atoms with E-state index in [0.29, 0.717) is 16.9 Å². The van der Waals surface area contributed by atoms with Crippen LogP contribution < -0.4 is 10.1 Å². The summed E-state index contributed by atoms with van der Waals surface area (Å²) in [6, 6.07) is 7.23. The first-order valence-electron chi connectivity index (χ1n) is 11.7. The summed E-state index contributed by atoms with van der Waals surface area (Å²) in [6.07, 6.45) is -1.48. The number of nitrogens with one attached hydrogen (secondary N) is 1. The molecule has 0 saturated carbocycles. The van der Waals surface area contributed by atoms with Gasteiger partial charge in [-0.15, -0.1) is 0 Å². The number of hydrogen-bond donors (Lipinski definition) is 2. The van der Waals surface area contributed by atoms with Gasteiger partial charge in [0.2, 0.25) is 0 Å². The number of carbonyl (C=O) groups is 4. The summed E-state index contributed by atoms with van der Waals surface area (Å²) >= 11 is 5.85. The molecule has 1 heterocycles. The van der Waals surface area contributed by atoms with Gasteiger partial charge in [0.15, 0.2) is 11.9 Å². The minimum absolute atomic E-state index is 0.0656. The molecule has 2 N–H and O–H groups in total. The molecule has 1 amide bonds. The Hall–Kier alpha value is -3.46. The van der Waals surface area contributed by atoms with Crippen molar-refractivity contribution in [3.8, 4) is 5.75 Å². The van der Waals surface area contributed by atoms with E-state index in [0.717, 1.165) is 6.07 Å². The van der Waals surface area contributed by atoms with Gasteiger partial charge in [-0.1, -0.05) is 25.4 Å². The van der Waals surface area contributed by atoms with E-state index in [1.807, 2.05) is 0 Å². The molecule has 0 bridgehead atoms. The summed E-state index contributed by atoms with van der Waals surface area (Å²) < 4.78 is 25.5. The fourth-order valence-electron chi connectivity index (χ4n) is 4.21. The van der Waals surface area contributed by atoms with Gasteiger partial charge in [-0.25, -0.2) is 4.39 Å². The minimum Gasteiger partial charge on any atom is -0.484 e. The van der Waals surface area contributed by atoms with Crippen molar-refractivity contribution in [1.82, 2.24) is 5.32 Å². The van der Waals surface area contributed by atoms with E-state index in [2.05, 4.69) is 5.32 Å². The summed E-state index contributed by atoms with van der Waals surface area (Å²) in [6.45, 7) is 8.10. The molecule has 0 aromatic heterocycles. The molecule has 0 spiro atoms. The number of carboxylic acid groups (broad SMARTS) is 1. The second-order valence-electron chi connectivity index (χ2n) is 9.90. The second kappa shape index (κ2) is 10.9. The Bertz CT molecular complexity index is 1240. The van der Waals surface area contributed by atoms with Crippen LogP contribution in [0.4, 0.5) is 4.39 Å². The number of esters is 1. The highest BCUT2D eigenvalue weighted by Crippen LogP contribution is 2.42. The Morgan fingerprint density at radius 2 is 1.78 bits per heavy atom. The van der Waals surface area contributed by atoms with Crippen molar-refractivity contribution in [3.05, 3.63) is 63.9 Å².